The first kappa shape index (κ1) is 14.4. The zero-order chi connectivity index (χ0) is 14.0. The van der Waals surface area contributed by atoms with Gasteiger partial charge >= 0.3 is 6.03 Å². The largest absolute Gasteiger partial charge is 0.331 e. The smallest absolute Gasteiger partial charge is 0.277 e. The summed E-state index contributed by atoms with van der Waals surface area (Å²) in [6.45, 7) is 3.65. The highest BCUT2D eigenvalue weighted by Gasteiger charge is 2.53. The highest BCUT2D eigenvalue weighted by Crippen LogP contribution is 2.35. The van der Waals surface area contributed by atoms with Gasteiger partial charge in [0.25, 0.3) is 0 Å². The van der Waals surface area contributed by atoms with E-state index in [4.69, 9.17) is 0 Å². The van der Waals surface area contributed by atoms with Crippen LogP contribution >= 0.6 is 11.8 Å². The fourth-order valence-corrected chi connectivity index (χ4v) is 3.95. The van der Waals surface area contributed by atoms with Gasteiger partial charge in [-0.05, 0) is 31.4 Å². The number of barbiturate groups is 1. The fourth-order valence-electron chi connectivity index (χ4n) is 2.83. The molecule has 19 heavy (non-hydrogen) atoms. The van der Waals surface area contributed by atoms with Crippen LogP contribution in [0.1, 0.15) is 39.5 Å². The summed E-state index contributed by atoms with van der Waals surface area (Å²) in [6, 6.07) is -0.614. The van der Waals surface area contributed by atoms with Gasteiger partial charge in [0.15, 0.2) is 0 Å². The van der Waals surface area contributed by atoms with Gasteiger partial charge in [0.1, 0.15) is 5.41 Å². The highest BCUT2D eigenvalue weighted by molar-refractivity contribution is 7.99. The van der Waals surface area contributed by atoms with Crippen molar-refractivity contribution in [2.75, 3.05) is 11.5 Å². The van der Waals surface area contributed by atoms with E-state index in [2.05, 4.69) is 5.32 Å². The summed E-state index contributed by atoms with van der Waals surface area (Å²) in [5.74, 6) is 1.11. The molecular weight excluding hydrogens is 264 g/mol. The van der Waals surface area contributed by atoms with Gasteiger partial charge < -0.3 is 0 Å². The van der Waals surface area contributed by atoms with Crippen molar-refractivity contribution in [1.29, 1.82) is 0 Å². The van der Waals surface area contributed by atoms with Crippen LogP contribution in [0.4, 0.5) is 4.79 Å². The van der Waals surface area contributed by atoms with Crippen molar-refractivity contribution in [3.8, 4) is 0 Å². The molecule has 2 aliphatic heterocycles. The molecule has 0 bridgehead atoms. The number of carbonyl (C=O) groups excluding carboxylic acids is 3. The summed E-state index contributed by atoms with van der Waals surface area (Å²) in [5, 5.41) is 2.37. The molecule has 0 saturated carbocycles. The van der Waals surface area contributed by atoms with E-state index in [-0.39, 0.29) is 11.9 Å². The molecule has 0 aliphatic carbocycles. The second kappa shape index (κ2) is 5.53. The number of nitrogens with one attached hydrogen (secondary N) is 1. The molecule has 1 atom stereocenters. The highest BCUT2D eigenvalue weighted by atomic mass is 32.2. The first-order chi connectivity index (χ1) is 9.06. The Bertz CT molecular complexity index is 401. The maximum atomic E-state index is 12.7. The minimum atomic E-state index is -1.06. The first-order valence-corrected chi connectivity index (χ1v) is 7.99. The lowest BCUT2D eigenvalue weighted by molar-refractivity contribution is -0.153. The molecule has 0 aromatic heterocycles. The molecule has 1 unspecified atom stereocenters. The van der Waals surface area contributed by atoms with E-state index in [1.807, 2.05) is 13.8 Å². The summed E-state index contributed by atoms with van der Waals surface area (Å²) in [5.41, 5.74) is -1.06. The number of hydrogen-bond donors (Lipinski definition) is 1. The van der Waals surface area contributed by atoms with Crippen molar-refractivity contribution in [1.82, 2.24) is 10.2 Å². The van der Waals surface area contributed by atoms with Gasteiger partial charge in [-0.15, -0.1) is 0 Å². The predicted octanol–water partition coefficient (Wildman–Crippen LogP) is 1.77. The van der Waals surface area contributed by atoms with Crippen LogP contribution in [0.5, 0.6) is 0 Å². The zero-order valence-electron chi connectivity index (χ0n) is 11.4. The van der Waals surface area contributed by atoms with E-state index in [1.54, 1.807) is 11.8 Å². The molecule has 4 amide bonds. The molecule has 1 N–H and O–H groups in total. The number of nitrogens with zero attached hydrogens (tertiary/aromatic N) is 1. The molecular formula is C13H20N2O3S. The molecule has 2 rings (SSSR count). The van der Waals surface area contributed by atoms with E-state index < -0.39 is 17.4 Å². The van der Waals surface area contributed by atoms with Crippen molar-refractivity contribution >= 4 is 29.6 Å². The molecule has 0 spiro atoms. The number of rotatable bonds is 3. The van der Waals surface area contributed by atoms with E-state index in [9.17, 15) is 14.4 Å². The van der Waals surface area contributed by atoms with E-state index in [1.165, 1.54) is 4.90 Å². The van der Waals surface area contributed by atoms with Crippen LogP contribution in [-0.4, -0.2) is 40.3 Å². The minimum Gasteiger partial charge on any atom is -0.277 e. The molecule has 5 nitrogen and oxygen atoms in total. The Morgan fingerprint density at radius 3 is 2.53 bits per heavy atom. The lowest BCUT2D eigenvalue weighted by Gasteiger charge is -2.42. The fraction of sp³-hybridized carbons (Fsp3) is 0.769. The lowest BCUT2D eigenvalue weighted by atomic mass is 9.78. The van der Waals surface area contributed by atoms with Gasteiger partial charge in [-0.1, -0.05) is 13.8 Å². The van der Waals surface area contributed by atoms with E-state index in [0.717, 1.165) is 24.3 Å². The van der Waals surface area contributed by atoms with Crippen LogP contribution in [0.2, 0.25) is 0 Å². The van der Waals surface area contributed by atoms with Gasteiger partial charge in [0, 0.05) is 5.75 Å². The van der Waals surface area contributed by atoms with E-state index in [0.29, 0.717) is 12.8 Å². The van der Waals surface area contributed by atoms with Crippen LogP contribution in [0, 0.1) is 5.41 Å². The Morgan fingerprint density at radius 1 is 1.32 bits per heavy atom. The Kier molecular flexibility index (Phi) is 4.18. The number of carbonyl (C=O) groups is 3. The average Bonchev–Trinajstić information content (AvgIpc) is 2.41. The molecule has 0 aromatic carbocycles. The number of thioether (sulfide) groups is 1. The van der Waals surface area contributed by atoms with Crippen LogP contribution in [0.15, 0.2) is 0 Å². The van der Waals surface area contributed by atoms with Gasteiger partial charge in [-0.25, -0.2) is 4.79 Å². The summed E-state index contributed by atoms with van der Waals surface area (Å²) < 4.78 is 0. The molecule has 6 heteroatoms. The first-order valence-electron chi connectivity index (χ1n) is 6.83. The normalized spacial score (nSPS) is 27.4. The van der Waals surface area contributed by atoms with Gasteiger partial charge in [0.05, 0.1) is 6.04 Å². The van der Waals surface area contributed by atoms with Crippen LogP contribution in [-0.2, 0) is 9.59 Å². The van der Waals surface area contributed by atoms with Gasteiger partial charge in [-0.2, -0.15) is 11.8 Å². The third kappa shape index (κ3) is 2.26. The monoisotopic (exact) mass is 284 g/mol. The summed E-state index contributed by atoms with van der Waals surface area (Å²) in [7, 11) is 0. The minimum absolute atomic E-state index is 0.0724. The Balaban J connectivity index is 2.29. The molecule has 2 fully saturated rings. The molecule has 0 aromatic rings. The SMILES string of the molecule is CCC1(CC)C(=O)NC(=O)N(C2CCCSC2)C1=O. The third-order valence-electron chi connectivity index (χ3n) is 4.21. The molecule has 0 radical (unpaired) electrons. The maximum absolute atomic E-state index is 12.7. The zero-order valence-corrected chi connectivity index (χ0v) is 12.2. The standard InChI is InChI=1S/C13H20N2O3S/c1-3-13(4-2)10(16)14-12(18)15(11(13)17)9-6-5-7-19-8-9/h9H,3-8H2,1-2H3,(H,14,16,18). The second-order valence-electron chi connectivity index (χ2n) is 5.09. The quantitative estimate of drug-likeness (QED) is 0.802. The summed E-state index contributed by atoms with van der Waals surface area (Å²) >= 11 is 1.76. The summed E-state index contributed by atoms with van der Waals surface area (Å²) in [4.78, 5) is 38.0. The second-order valence-corrected chi connectivity index (χ2v) is 6.24. The molecule has 2 heterocycles. The Morgan fingerprint density at radius 2 is 2.00 bits per heavy atom. The van der Waals surface area contributed by atoms with Crippen molar-refractivity contribution < 1.29 is 14.4 Å². The summed E-state index contributed by atoms with van der Waals surface area (Å²) in [6.07, 6.45) is 2.70. The number of urea groups is 1. The topological polar surface area (TPSA) is 66.5 Å². The molecule has 2 saturated heterocycles. The van der Waals surface area contributed by atoms with Crippen molar-refractivity contribution in [2.45, 2.75) is 45.6 Å². The van der Waals surface area contributed by atoms with Crippen LogP contribution in [0.25, 0.3) is 0 Å². The van der Waals surface area contributed by atoms with Gasteiger partial charge in [0.2, 0.25) is 11.8 Å². The van der Waals surface area contributed by atoms with Gasteiger partial charge in [-0.3, -0.25) is 19.8 Å². The molecule has 2 aliphatic rings. The van der Waals surface area contributed by atoms with Crippen molar-refractivity contribution in [2.24, 2.45) is 5.41 Å². The maximum Gasteiger partial charge on any atom is 0.331 e. The Labute approximate surface area is 117 Å². The lowest BCUT2D eigenvalue weighted by Crippen LogP contribution is -2.66. The predicted molar refractivity (Wildman–Crippen MR) is 73.7 cm³/mol. The number of amides is 4. The molecule has 106 valence electrons. The average molecular weight is 284 g/mol. The third-order valence-corrected chi connectivity index (χ3v) is 5.41. The van der Waals surface area contributed by atoms with Crippen LogP contribution < -0.4 is 5.32 Å². The van der Waals surface area contributed by atoms with Crippen LogP contribution in [0.3, 0.4) is 0 Å². The number of hydrogen-bond acceptors (Lipinski definition) is 4. The number of imide groups is 2. The Hall–Kier alpha value is -1.04. The van der Waals surface area contributed by atoms with Crippen molar-refractivity contribution in [3.05, 3.63) is 0 Å². The van der Waals surface area contributed by atoms with E-state index >= 15 is 0 Å². The van der Waals surface area contributed by atoms with Crippen molar-refractivity contribution in [3.63, 3.8) is 0 Å².